The lowest BCUT2D eigenvalue weighted by atomic mass is 9.92. The molecule has 0 radical (unpaired) electrons. The molecule has 1 amide bonds. The van der Waals surface area contributed by atoms with Gasteiger partial charge in [-0.3, -0.25) is 9.79 Å². The molecular formula is C17H18Cl2N4O2. The van der Waals surface area contributed by atoms with Crippen LogP contribution in [0.15, 0.2) is 47.6 Å². The van der Waals surface area contributed by atoms with Gasteiger partial charge in [-0.15, -0.1) is 12.4 Å². The lowest BCUT2D eigenvalue weighted by molar-refractivity contribution is 0.102. The number of amidine groups is 1. The quantitative estimate of drug-likeness (QED) is 0.855. The molecule has 2 heterocycles. The molecule has 2 aromatic rings. The summed E-state index contributed by atoms with van der Waals surface area (Å²) < 4.78 is 5.49. The number of amides is 1. The van der Waals surface area contributed by atoms with Crippen LogP contribution < -0.4 is 11.1 Å². The van der Waals surface area contributed by atoms with Crippen LogP contribution in [0.2, 0.25) is 5.02 Å². The van der Waals surface area contributed by atoms with Crippen molar-refractivity contribution in [2.45, 2.75) is 12.5 Å². The predicted molar refractivity (Wildman–Crippen MR) is 101 cm³/mol. The maximum Gasteiger partial charge on any atom is 0.274 e. The molecule has 0 spiro atoms. The average Bonchev–Trinajstić information content (AvgIpc) is 2.55. The first-order chi connectivity index (χ1) is 11.5. The van der Waals surface area contributed by atoms with E-state index >= 15 is 0 Å². The summed E-state index contributed by atoms with van der Waals surface area (Å²) in [5, 5.41) is 3.30. The summed E-state index contributed by atoms with van der Waals surface area (Å²) in [6.07, 6.45) is 1.44. The average molecular weight is 381 g/mol. The number of pyridine rings is 1. The highest BCUT2D eigenvalue weighted by atomic mass is 35.5. The number of nitrogens with one attached hydrogen (secondary N) is 1. The molecule has 0 saturated carbocycles. The van der Waals surface area contributed by atoms with Gasteiger partial charge in [-0.25, -0.2) is 4.98 Å². The lowest BCUT2D eigenvalue weighted by Crippen LogP contribution is -2.37. The summed E-state index contributed by atoms with van der Waals surface area (Å²) in [5.41, 5.74) is 7.07. The smallest absolute Gasteiger partial charge is 0.274 e. The fourth-order valence-corrected chi connectivity index (χ4v) is 2.63. The van der Waals surface area contributed by atoms with Crippen LogP contribution in [0.5, 0.6) is 0 Å². The number of ether oxygens (including phenoxy) is 1. The molecule has 0 bridgehead atoms. The number of hydrogen-bond donors (Lipinski definition) is 2. The van der Waals surface area contributed by atoms with E-state index in [1.807, 2.05) is 25.1 Å². The molecule has 8 heteroatoms. The van der Waals surface area contributed by atoms with E-state index in [9.17, 15) is 4.79 Å². The second kappa shape index (κ2) is 7.82. The minimum absolute atomic E-state index is 0. The van der Waals surface area contributed by atoms with Crippen molar-refractivity contribution < 1.29 is 9.53 Å². The number of nitrogens with zero attached hydrogens (tertiary/aromatic N) is 2. The first-order valence-corrected chi connectivity index (χ1v) is 7.79. The van der Waals surface area contributed by atoms with Crippen LogP contribution in [-0.2, 0) is 10.3 Å². The van der Waals surface area contributed by atoms with E-state index < -0.39 is 5.54 Å². The van der Waals surface area contributed by atoms with E-state index in [4.69, 9.17) is 22.1 Å². The third-order valence-electron chi connectivity index (χ3n) is 3.73. The molecule has 0 aliphatic carbocycles. The van der Waals surface area contributed by atoms with Crippen LogP contribution in [0, 0.1) is 0 Å². The Morgan fingerprint density at radius 1 is 1.36 bits per heavy atom. The Balaban J connectivity index is 0.00000225. The molecule has 0 fully saturated rings. The third-order valence-corrected chi connectivity index (χ3v) is 3.95. The van der Waals surface area contributed by atoms with Gasteiger partial charge in [-0.1, -0.05) is 23.7 Å². The minimum atomic E-state index is -0.568. The van der Waals surface area contributed by atoms with Crippen molar-refractivity contribution >= 4 is 41.4 Å². The van der Waals surface area contributed by atoms with E-state index in [0.29, 0.717) is 35.5 Å². The van der Waals surface area contributed by atoms with Gasteiger partial charge in [0.1, 0.15) is 23.7 Å². The van der Waals surface area contributed by atoms with Gasteiger partial charge in [0.15, 0.2) is 0 Å². The largest absolute Gasteiger partial charge is 0.386 e. The van der Waals surface area contributed by atoms with Crippen LogP contribution in [-0.4, -0.2) is 29.9 Å². The van der Waals surface area contributed by atoms with E-state index in [0.717, 1.165) is 5.56 Å². The predicted octanol–water partition coefficient (Wildman–Crippen LogP) is 3.01. The third kappa shape index (κ3) is 4.48. The highest BCUT2D eigenvalue weighted by Gasteiger charge is 2.30. The van der Waals surface area contributed by atoms with Gasteiger partial charge >= 0.3 is 0 Å². The van der Waals surface area contributed by atoms with Crippen LogP contribution in [0.3, 0.4) is 0 Å². The van der Waals surface area contributed by atoms with Gasteiger partial charge in [0, 0.05) is 11.9 Å². The van der Waals surface area contributed by atoms with Gasteiger partial charge in [-0.2, -0.15) is 0 Å². The summed E-state index contributed by atoms with van der Waals surface area (Å²) in [5.74, 6) is 0.153. The number of rotatable bonds is 3. The first kappa shape index (κ1) is 19.2. The molecule has 1 aromatic carbocycles. The van der Waals surface area contributed by atoms with Crippen molar-refractivity contribution in [1.29, 1.82) is 0 Å². The normalized spacial score (nSPS) is 19.5. The van der Waals surface area contributed by atoms with E-state index in [-0.39, 0.29) is 18.3 Å². The molecule has 1 aromatic heterocycles. The SMILES string of the molecule is CC1(c2cccc(NC(=O)c3ccc(Cl)cn3)c2)COCC(N)=N1.Cl. The van der Waals surface area contributed by atoms with Crippen molar-refractivity contribution in [1.82, 2.24) is 4.98 Å². The molecule has 3 rings (SSSR count). The number of halogens is 2. The van der Waals surface area contributed by atoms with Crippen LogP contribution in [0.4, 0.5) is 5.69 Å². The Hall–Kier alpha value is -2.15. The summed E-state index contributed by atoms with van der Waals surface area (Å²) in [4.78, 5) is 20.8. The zero-order valence-electron chi connectivity index (χ0n) is 13.5. The molecule has 1 aliphatic heterocycles. The Bertz CT molecular complexity index is 795. The first-order valence-electron chi connectivity index (χ1n) is 7.42. The number of benzene rings is 1. The highest BCUT2D eigenvalue weighted by molar-refractivity contribution is 6.30. The maximum atomic E-state index is 12.3. The van der Waals surface area contributed by atoms with Crippen LogP contribution >= 0.6 is 24.0 Å². The van der Waals surface area contributed by atoms with Crippen LogP contribution in [0.1, 0.15) is 23.0 Å². The minimum Gasteiger partial charge on any atom is -0.386 e. The molecule has 132 valence electrons. The fraction of sp³-hybridized carbons (Fsp3) is 0.235. The number of nitrogens with two attached hydrogens (primary N) is 1. The Morgan fingerprint density at radius 3 is 2.84 bits per heavy atom. The van der Waals surface area contributed by atoms with E-state index in [2.05, 4.69) is 15.3 Å². The second-order valence-electron chi connectivity index (χ2n) is 5.77. The lowest BCUT2D eigenvalue weighted by Gasteiger charge is -2.30. The standard InChI is InChI=1S/C17H17ClN4O2.ClH/c1-17(10-24-9-15(19)22-17)11-3-2-4-13(7-11)21-16(23)14-6-5-12(18)8-20-14;/h2-8H,9-10H2,1H3,(H2,19,22)(H,21,23);1H. The second-order valence-corrected chi connectivity index (χ2v) is 6.20. The summed E-state index contributed by atoms with van der Waals surface area (Å²) >= 11 is 5.78. The topological polar surface area (TPSA) is 89.6 Å². The van der Waals surface area contributed by atoms with Gasteiger partial charge in [0.2, 0.25) is 0 Å². The molecule has 1 unspecified atom stereocenters. The number of anilines is 1. The number of hydrogen-bond acceptors (Lipinski definition) is 5. The zero-order chi connectivity index (χ0) is 17.2. The molecule has 1 atom stereocenters. The van der Waals surface area contributed by atoms with E-state index in [1.165, 1.54) is 6.20 Å². The van der Waals surface area contributed by atoms with Gasteiger partial charge in [0.05, 0.1) is 11.6 Å². The highest BCUT2D eigenvalue weighted by Crippen LogP contribution is 2.30. The summed E-state index contributed by atoms with van der Waals surface area (Å²) in [6, 6.07) is 10.6. The molecule has 6 nitrogen and oxygen atoms in total. The Kier molecular flexibility index (Phi) is 6.00. The maximum absolute atomic E-state index is 12.3. The van der Waals surface area contributed by atoms with Crippen molar-refractivity contribution in [2.75, 3.05) is 18.5 Å². The van der Waals surface area contributed by atoms with Crippen molar-refractivity contribution in [2.24, 2.45) is 10.7 Å². The van der Waals surface area contributed by atoms with Crippen molar-refractivity contribution in [3.8, 4) is 0 Å². The fourth-order valence-electron chi connectivity index (χ4n) is 2.52. The van der Waals surface area contributed by atoms with Gasteiger partial charge in [-0.05, 0) is 36.8 Å². The summed E-state index contributed by atoms with van der Waals surface area (Å²) in [6.45, 7) is 2.72. The van der Waals surface area contributed by atoms with Crippen molar-refractivity contribution in [3.05, 3.63) is 58.9 Å². The molecular weight excluding hydrogens is 363 g/mol. The van der Waals surface area contributed by atoms with Crippen LogP contribution in [0.25, 0.3) is 0 Å². The molecule has 25 heavy (non-hydrogen) atoms. The summed E-state index contributed by atoms with van der Waals surface area (Å²) in [7, 11) is 0. The molecule has 3 N–H and O–H groups in total. The Morgan fingerprint density at radius 2 is 2.16 bits per heavy atom. The molecule has 0 saturated heterocycles. The van der Waals surface area contributed by atoms with E-state index in [1.54, 1.807) is 18.2 Å². The monoisotopic (exact) mass is 380 g/mol. The van der Waals surface area contributed by atoms with Gasteiger partial charge < -0.3 is 15.8 Å². The zero-order valence-corrected chi connectivity index (χ0v) is 15.1. The number of aliphatic imine (C=N–C) groups is 1. The number of aromatic nitrogens is 1. The van der Waals surface area contributed by atoms with Crippen molar-refractivity contribution in [3.63, 3.8) is 0 Å². The molecule has 1 aliphatic rings. The van der Waals surface area contributed by atoms with Gasteiger partial charge in [0.25, 0.3) is 5.91 Å². The Labute approximate surface area is 156 Å². The number of carbonyl (C=O) groups is 1. The number of carbonyl (C=O) groups excluding carboxylic acids is 1.